The van der Waals surface area contributed by atoms with Gasteiger partial charge in [-0.3, -0.25) is 5.32 Å². The second-order valence-corrected chi connectivity index (χ2v) is 9.55. The zero-order chi connectivity index (χ0) is 20.9. The van der Waals surface area contributed by atoms with Crippen molar-refractivity contribution in [3.8, 4) is 6.07 Å². The van der Waals surface area contributed by atoms with Crippen LogP contribution in [-0.4, -0.2) is 49.4 Å². The third-order valence-corrected chi connectivity index (χ3v) is 7.34. The number of likely N-dealkylation sites (tertiary alicyclic amines) is 1. The van der Waals surface area contributed by atoms with E-state index in [0.29, 0.717) is 28.4 Å². The lowest BCUT2D eigenvalue weighted by Crippen LogP contribution is -2.34. The van der Waals surface area contributed by atoms with Crippen molar-refractivity contribution < 1.29 is 4.79 Å². The molecule has 10 heteroatoms. The van der Waals surface area contributed by atoms with Crippen molar-refractivity contribution in [3.05, 3.63) is 29.8 Å². The summed E-state index contributed by atoms with van der Waals surface area (Å²) in [5, 5.41) is 17.6. The summed E-state index contributed by atoms with van der Waals surface area (Å²) >= 11 is 1.27. The number of fused-ring (bicyclic) bond motifs is 2. The number of nitrogens with zero attached hydrogens (tertiary/aromatic N) is 5. The molecule has 3 aromatic heterocycles. The van der Waals surface area contributed by atoms with E-state index in [-0.39, 0.29) is 12.1 Å². The third-order valence-electron chi connectivity index (χ3n) is 6.69. The van der Waals surface area contributed by atoms with Crippen LogP contribution in [0.2, 0.25) is 0 Å². The van der Waals surface area contributed by atoms with E-state index in [1.165, 1.54) is 11.5 Å². The van der Waals surface area contributed by atoms with Gasteiger partial charge in [-0.25, -0.2) is 14.8 Å². The highest BCUT2D eigenvalue weighted by atomic mass is 32.1. The first-order valence-corrected chi connectivity index (χ1v) is 11.5. The van der Waals surface area contributed by atoms with E-state index in [2.05, 4.69) is 36.0 Å². The van der Waals surface area contributed by atoms with E-state index >= 15 is 0 Å². The maximum Gasteiger partial charge on any atom is 0.323 e. The molecule has 1 aliphatic heterocycles. The maximum absolute atomic E-state index is 12.7. The van der Waals surface area contributed by atoms with Crippen molar-refractivity contribution in [2.75, 3.05) is 23.7 Å². The highest BCUT2D eigenvalue weighted by Gasteiger charge is 2.42. The third kappa shape index (κ3) is 3.39. The molecule has 3 atom stereocenters. The Morgan fingerprint density at radius 2 is 2.10 bits per heavy atom. The zero-order valence-corrected chi connectivity index (χ0v) is 17.7. The first-order chi connectivity index (χ1) is 15.2. The summed E-state index contributed by atoms with van der Waals surface area (Å²) in [6.45, 7) is 1.51. The molecule has 2 aliphatic carbocycles. The average Bonchev–Trinajstić information content (AvgIpc) is 3.13. The van der Waals surface area contributed by atoms with Crippen LogP contribution in [0.5, 0.6) is 0 Å². The molecule has 0 spiro atoms. The molecule has 1 saturated heterocycles. The van der Waals surface area contributed by atoms with Gasteiger partial charge in [0.15, 0.2) is 0 Å². The van der Waals surface area contributed by atoms with E-state index in [0.717, 1.165) is 61.3 Å². The van der Waals surface area contributed by atoms with Crippen LogP contribution in [-0.2, 0) is 0 Å². The number of nitrogens with one attached hydrogen (secondary N) is 3. The number of nitriles is 1. The number of hydrogen-bond donors (Lipinski definition) is 3. The van der Waals surface area contributed by atoms with Gasteiger partial charge < -0.3 is 15.2 Å². The summed E-state index contributed by atoms with van der Waals surface area (Å²) in [5.74, 6) is 2.30. The Kier molecular flexibility index (Phi) is 4.31. The number of aromatic amines is 1. The Bertz CT molecular complexity index is 1180. The predicted molar refractivity (Wildman–Crippen MR) is 117 cm³/mol. The van der Waals surface area contributed by atoms with E-state index in [4.69, 9.17) is 0 Å². The Labute approximate surface area is 183 Å². The molecule has 2 saturated carbocycles. The number of hydrogen-bond acceptors (Lipinski definition) is 7. The molecule has 0 aromatic carbocycles. The Morgan fingerprint density at radius 3 is 2.84 bits per heavy atom. The normalized spacial score (nSPS) is 24.9. The summed E-state index contributed by atoms with van der Waals surface area (Å²) < 4.78 is 4.36. The van der Waals surface area contributed by atoms with Crippen molar-refractivity contribution in [2.45, 2.75) is 37.6 Å². The van der Waals surface area contributed by atoms with Crippen molar-refractivity contribution in [1.82, 2.24) is 24.2 Å². The van der Waals surface area contributed by atoms with E-state index < -0.39 is 0 Å². The summed E-state index contributed by atoms with van der Waals surface area (Å²) in [5.41, 5.74) is 2.20. The van der Waals surface area contributed by atoms with Crippen molar-refractivity contribution in [1.29, 1.82) is 5.26 Å². The molecular weight excluding hydrogens is 412 g/mol. The molecule has 3 fully saturated rings. The molecule has 4 heterocycles. The Morgan fingerprint density at radius 1 is 1.29 bits per heavy atom. The highest BCUT2D eigenvalue weighted by molar-refractivity contribution is 7.09. The lowest BCUT2D eigenvalue weighted by Gasteiger charge is -2.21. The van der Waals surface area contributed by atoms with Crippen LogP contribution < -0.4 is 10.6 Å². The second-order valence-electron chi connectivity index (χ2n) is 8.80. The zero-order valence-electron chi connectivity index (χ0n) is 16.8. The number of urea groups is 1. The average molecular weight is 435 g/mol. The lowest BCUT2D eigenvalue weighted by molar-refractivity contribution is 0.218. The molecule has 158 valence electrons. The number of rotatable bonds is 4. The number of amides is 2. The molecule has 3 aromatic rings. The number of carbonyl (C=O) groups is 1. The number of aromatic nitrogens is 4. The second kappa shape index (κ2) is 7.20. The van der Waals surface area contributed by atoms with Crippen LogP contribution >= 0.6 is 11.5 Å². The molecule has 2 unspecified atom stereocenters. The maximum atomic E-state index is 12.7. The number of anilines is 2. The SMILES string of the molecule is N#Cc1cnc2[nH]ccc2c1NC1CC2CN(C(=O)Nc3nc(C4CC4)ns3)C[C@H]2C1. The van der Waals surface area contributed by atoms with Gasteiger partial charge in [0, 0.05) is 54.4 Å². The molecule has 0 bridgehead atoms. The highest BCUT2D eigenvalue weighted by Crippen LogP contribution is 2.41. The van der Waals surface area contributed by atoms with Crippen molar-refractivity contribution in [2.24, 2.45) is 11.8 Å². The van der Waals surface area contributed by atoms with Gasteiger partial charge in [-0.05, 0) is 43.6 Å². The van der Waals surface area contributed by atoms with Gasteiger partial charge in [-0.1, -0.05) is 0 Å². The molecule has 31 heavy (non-hydrogen) atoms. The summed E-state index contributed by atoms with van der Waals surface area (Å²) in [4.78, 5) is 26.5. The van der Waals surface area contributed by atoms with Gasteiger partial charge in [0.2, 0.25) is 5.13 Å². The Hall–Kier alpha value is -3.19. The standard InChI is InChI=1S/C21H22N8OS/c22-7-14-8-24-19-16(3-4-23-19)17(14)25-15-5-12-9-29(10-13(12)6-15)21(30)27-20-26-18(28-31-20)11-1-2-11/h3-4,8,11-13,15H,1-2,5-6,9-10H2,(H2,23,24,25)(H,26,27,28,30)/t12-,13?,15?/m1/s1. The molecule has 3 N–H and O–H groups in total. The van der Waals surface area contributed by atoms with E-state index in [1.54, 1.807) is 6.20 Å². The van der Waals surface area contributed by atoms with Crippen LogP contribution in [0.15, 0.2) is 18.5 Å². The summed E-state index contributed by atoms with van der Waals surface area (Å²) in [6, 6.07) is 4.42. The smallest absolute Gasteiger partial charge is 0.323 e. The molecule has 2 amide bonds. The molecule has 9 nitrogen and oxygen atoms in total. The minimum absolute atomic E-state index is 0.0765. The van der Waals surface area contributed by atoms with Gasteiger partial charge in [-0.15, -0.1) is 0 Å². The molecule has 0 radical (unpaired) electrons. The summed E-state index contributed by atoms with van der Waals surface area (Å²) in [7, 11) is 0. The largest absolute Gasteiger partial charge is 0.381 e. The number of carbonyl (C=O) groups excluding carboxylic acids is 1. The van der Waals surface area contributed by atoms with Crippen LogP contribution in [0.25, 0.3) is 11.0 Å². The Balaban J connectivity index is 1.09. The molecule has 3 aliphatic rings. The quantitative estimate of drug-likeness (QED) is 0.577. The van der Waals surface area contributed by atoms with Crippen LogP contribution in [0.1, 0.15) is 43.0 Å². The van der Waals surface area contributed by atoms with Gasteiger partial charge in [0.1, 0.15) is 17.5 Å². The monoisotopic (exact) mass is 434 g/mol. The fourth-order valence-electron chi connectivity index (χ4n) is 5.00. The summed E-state index contributed by atoms with van der Waals surface area (Å²) in [6.07, 6.45) is 7.73. The molecular formula is C21H22N8OS. The fraction of sp³-hybridized carbons (Fsp3) is 0.476. The van der Waals surface area contributed by atoms with E-state index in [1.807, 2.05) is 17.2 Å². The minimum Gasteiger partial charge on any atom is -0.381 e. The van der Waals surface area contributed by atoms with Gasteiger partial charge in [-0.2, -0.15) is 9.64 Å². The van der Waals surface area contributed by atoms with E-state index in [9.17, 15) is 10.1 Å². The van der Waals surface area contributed by atoms with Gasteiger partial charge in [0.05, 0.1) is 11.3 Å². The fourth-order valence-corrected chi connectivity index (χ4v) is 5.64. The first kappa shape index (κ1) is 18.6. The van der Waals surface area contributed by atoms with Crippen LogP contribution in [0.3, 0.4) is 0 Å². The lowest BCUT2D eigenvalue weighted by atomic mass is 10.0. The number of H-pyrrole nitrogens is 1. The minimum atomic E-state index is -0.0765. The van der Waals surface area contributed by atoms with Crippen LogP contribution in [0, 0.1) is 23.2 Å². The van der Waals surface area contributed by atoms with Gasteiger partial charge in [0.25, 0.3) is 0 Å². The van der Waals surface area contributed by atoms with Crippen LogP contribution in [0.4, 0.5) is 15.6 Å². The first-order valence-electron chi connectivity index (χ1n) is 10.7. The number of pyridine rings is 1. The van der Waals surface area contributed by atoms with Crippen molar-refractivity contribution in [3.63, 3.8) is 0 Å². The van der Waals surface area contributed by atoms with Crippen molar-refractivity contribution >= 4 is 39.4 Å². The predicted octanol–water partition coefficient (Wildman–Crippen LogP) is 3.52. The topological polar surface area (TPSA) is 123 Å². The molecule has 6 rings (SSSR count). The van der Waals surface area contributed by atoms with Gasteiger partial charge >= 0.3 is 6.03 Å².